The normalized spacial score (nSPS) is 10.5. The summed E-state index contributed by atoms with van der Waals surface area (Å²) in [7, 11) is 0. The van der Waals surface area contributed by atoms with Crippen LogP contribution in [0, 0.1) is 0 Å². The van der Waals surface area contributed by atoms with Crippen molar-refractivity contribution in [3.8, 4) is 0 Å². The van der Waals surface area contributed by atoms with E-state index in [0.717, 1.165) is 6.42 Å². The molecule has 0 saturated heterocycles. The van der Waals surface area contributed by atoms with E-state index in [-0.39, 0.29) is 21.1 Å². The lowest BCUT2D eigenvalue weighted by molar-refractivity contribution is 0.874. The van der Waals surface area contributed by atoms with Crippen LogP contribution < -0.4 is 10.6 Å². The van der Waals surface area contributed by atoms with Crippen LogP contribution in [-0.2, 0) is 0 Å². The second-order valence-electron chi connectivity index (χ2n) is 3.60. The number of hydrogen-bond donors (Lipinski definition) is 2. The third kappa shape index (κ3) is 5.58. The molecule has 0 amide bonds. The molecule has 2 aromatic heterocycles. The molecule has 0 atom stereocenters. The Bertz CT molecular complexity index is 531. The second kappa shape index (κ2) is 7.69. The SMILES string of the molecule is Clc1nc(Cl)nc(NCCCNc2nc(Cl)nc(Cl)n2)n1. The number of nitrogens with one attached hydrogen (secondary N) is 2. The third-order valence-electron chi connectivity index (χ3n) is 2.08. The maximum absolute atomic E-state index is 5.65. The molecule has 0 aliphatic carbocycles. The van der Waals surface area contributed by atoms with Crippen LogP contribution in [0.1, 0.15) is 6.42 Å². The number of aromatic nitrogens is 6. The van der Waals surface area contributed by atoms with Crippen molar-refractivity contribution in [1.29, 1.82) is 0 Å². The van der Waals surface area contributed by atoms with Crippen LogP contribution >= 0.6 is 46.4 Å². The Morgan fingerprint density at radius 1 is 0.571 bits per heavy atom. The summed E-state index contributed by atoms with van der Waals surface area (Å²) in [5.74, 6) is 0.623. The van der Waals surface area contributed by atoms with Gasteiger partial charge in [0.05, 0.1) is 0 Å². The molecule has 0 unspecified atom stereocenters. The molecule has 0 bridgehead atoms. The average Bonchev–Trinajstić information content (AvgIpc) is 2.36. The molecule has 0 fully saturated rings. The fraction of sp³-hybridized carbons (Fsp3) is 0.333. The monoisotopic (exact) mass is 368 g/mol. The Morgan fingerprint density at radius 3 is 1.24 bits per heavy atom. The maximum Gasteiger partial charge on any atom is 0.228 e. The Balaban J connectivity index is 1.74. The molecule has 0 radical (unpaired) electrons. The Morgan fingerprint density at radius 2 is 0.905 bits per heavy atom. The zero-order valence-electron chi connectivity index (χ0n) is 10.3. The first-order valence-corrected chi connectivity index (χ1v) is 7.16. The van der Waals surface area contributed by atoms with Gasteiger partial charge in [0.2, 0.25) is 33.0 Å². The number of nitrogens with zero attached hydrogens (tertiary/aromatic N) is 6. The molecule has 0 aliphatic heterocycles. The topological polar surface area (TPSA) is 101 Å². The average molecular weight is 370 g/mol. The van der Waals surface area contributed by atoms with E-state index < -0.39 is 0 Å². The Labute approximate surface area is 139 Å². The minimum Gasteiger partial charge on any atom is -0.354 e. The van der Waals surface area contributed by atoms with Crippen molar-refractivity contribution in [2.75, 3.05) is 23.7 Å². The highest BCUT2D eigenvalue weighted by Gasteiger charge is 2.03. The van der Waals surface area contributed by atoms with Crippen molar-refractivity contribution >= 4 is 58.3 Å². The van der Waals surface area contributed by atoms with Crippen molar-refractivity contribution in [2.45, 2.75) is 6.42 Å². The number of hydrogen-bond acceptors (Lipinski definition) is 8. The summed E-state index contributed by atoms with van der Waals surface area (Å²) in [6.07, 6.45) is 0.724. The van der Waals surface area contributed by atoms with Gasteiger partial charge in [-0.2, -0.15) is 29.9 Å². The summed E-state index contributed by atoms with van der Waals surface area (Å²) in [6, 6.07) is 0. The van der Waals surface area contributed by atoms with E-state index in [1.54, 1.807) is 0 Å². The zero-order valence-corrected chi connectivity index (χ0v) is 13.3. The van der Waals surface area contributed by atoms with Gasteiger partial charge >= 0.3 is 0 Å². The van der Waals surface area contributed by atoms with Gasteiger partial charge in [-0.3, -0.25) is 0 Å². The van der Waals surface area contributed by atoms with E-state index in [1.807, 2.05) is 0 Å². The molecule has 8 nitrogen and oxygen atoms in total. The number of rotatable bonds is 6. The van der Waals surface area contributed by atoms with Gasteiger partial charge in [0, 0.05) is 13.1 Å². The van der Waals surface area contributed by atoms with Crippen LogP contribution in [0.15, 0.2) is 0 Å². The first-order chi connectivity index (χ1) is 10.0. The molecule has 0 aliphatic rings. The van der Waals surface area contributed by atoms with Crippen LogP contribution in [0.3, 0.4) is 0 Å². The zero-order chi connectivity index (χ0) is 15.2. The van der Waals surface area contributed by atoms with E-state index in [2.05, 4.69) is 40.5 Å². The molecule has 12 heteroatoms. The molecule has 0 aromatic carbocycles. The van der Waals surface area contributed by atoms with Crippen molar-refractivity contribution in [3.05, 3.63) is 21.1 Å². The Hall–Kier alpha value is -1.22. The molecule has 2 N–H and O–H groups in total. The summed E-state index contributed by atoms with van der Waals surface area (Å²) in [5, 5.41) is 6.05. The van der Waals surface area contributed by atoms with Crippen LogP contribution in [0.4, 0.5) is 11.9 Å². The molecule has 21 heavy (non-hydrogen) atoms. The lowest BCUT2D eigenvalue weighted by atomic mass is 10.4. The van der Waals surface area contributed by atoms with Crippen molar-refractivity contribution in [3.63, 3.8) is 0 Å². The standard InChI is InChI=1S/C9H8Cl4N8/c10-4-16-5(11)19-8(18-4)14-2-1-3-15-9-20-6(12)17-7(13)21-9/h1-3H2,(H,14,16,18,19)(H,15,17,20,21). The highest BCUT2D eigenvalue weighted by molar-refractivity contribution is 6.31. The molecule has 0 saturated carbocycles. The fourth-order valence-electron chi connectivity index (χ4n) is 1.30. The molecular weight excluding hydrogens is 362 g/mol. The minimum atomic E-state index is 0.0325. The first kappa shape index (κ1) is 16.2. The quantitative estimate of drug-likeness (QED) is 0.749. The van der Waals surface area contributed by atoms with E-state index in [9.17, 15) is 0 Å². The molecule has 0 spiro atoms. The molecule has 2 rings (SSSR count). The molecule has 2 heterocycles. The van der Waals surface area contributed by atoms with Gasteiger partial charge in [-0.15, -0.1) is 0 Å². The molecule has 112 valence electrons. The lowest BCUT2D eigenvalue weighted by Gasteiger charge is -2.06. The predicted octanol–water partition coefficient (Wildman–Crippen LogP) is 2.58. The highest BCUT2D eigenvalue weighted by Crippen LogP contribution is 2.10. The van der Waals surface area contributed by atoms with Gasteiger partial charge in [0.1, 0.15) is 0 Å². The van der Waals surface area contributed by atoms with Gasteiger partial charge in [0.15, 0.2) is 0 Å². The summed E-state index contributed by atoms with van der Waals surface area (Å²) in [6.45, 7) is 1.16. The second-order valence-corrected chi connectivity index (χ2v) is 4.95. The lowest BCUT2D eigenvalue weighted by Crippen LogP contribution is -2.12. The van der Waals surface area contributed by atoms with E-state index in [1.165, 1.54) is 0 Å². The van der Waals surface area contributed by atoms with Crippen LogP contribution in [-0.4, -0.2) is 43.0 Å². The Kier molecular flexibility index (Phi) is 5.92. The van der Waals surface area contributed by atoms with Gasteiger partial charge in [-0.05, 0) is 52.8 Å². The van der Waals surface area contributed by atoms with Crippen molar-refractivity contribution in [2.24, 2.45) is 0 Å². The summed E-state index contributed by atoms with van der Waals surface area (Å²) in [5.41, 5.74) is 0. The smallest absolute Gasteiger partial charge is 0.228 e. The van der Waals surface area contributed by atoms with Gasteiger partial charge in [-0.25, -0.2) is 0 Å². The highest BCUT2D eigenvalue weighted by atomic mass is 35.5. The van der Waals surface area contributed by atoms with Crippen LogP contribution in [0.5, 0.6) is 0 Å². The van der Waals surface area contributed by atoms with E-state index in [4.69, 9.17) is 46.4 Å². The predicted molar refractivity (Wildman–Crippen MR) is 81.3 cm³/mol. The number of halogens is 4. The molecule has 2 aromatic rings. The summed E-state index contributed by atoms with van der Waals surface area (Å²) >= 11 is 22.6. The first-order valence-electron chi connectivity index (χ1n) is 5.65. The fourth-order valence-corrected chi connectivity index (χ4v) is 2.03. The largest absolute Gasteiger partial charge is 0.354 e. The van der Waals surface area contributed by atoms with Gasteiger partial charge in [0.25, 0.3) is 0 Å². The van der Waals surface area contributed by atoms with Crippen LogP contribution in [0.25, 0.3) is 0 Å². The van der Waals surface area contributed by atoms with Gasteiger partial charge in [-0.1, -0.05) is 0 Å². The van der Waals surface area contributed by atoms with Crippen LogP contribution in [0.2, 0.25) is 21.1 Å². The number of anilines is 2. The molecular formula is C9H8Cl4N8. The van der Waals surface area contributed by atoms with Gasteiger partial charge < -0.3 is 10.6 Å². The van der Waals surface area contributed by atoms with Crippen molar-refractivity contribution in [1.82, 2.24) is 29.9 Å². The van der Waals surface area contributed by atoms with E-state index in [0.29, 0.717) is 25.0 Å². The van der Waals surface area contributed by atoms with E-state index >= 15 is 0 Å². The minimum absolute atomic E-state index is 0.0325. The summed E-state index contributed by atoms with van der Waals surface area (Å²) in [4.78, 5) is 22.8. The summed E-state index contributed by atoms with van der Waals surface area (Å²) < 4.78 is 0. The maximum atomic E-state index is 5.65. The van der Waals surface area contributed by atoms with Crippen molar-refractivity contribution < 1.29 is 0 Å². The third-order valence-corrected chi connectivity index (χ3v) is 2.76.